The van der Waals surface area contributed by atoms with Crippen LogP contribution in [0.4, 0.5) is 0 Å². The average molecular weight is 280 g/mol. The first kappa shape index (κ1) is 19.4. The van der Waals surface area contributed by atoms with Gasteiger partial charge in [0.25, 0.3) is 0 Å². The fraction of sp³-hybridized carbons (Fsp3) is 0.789. The number of methoxy groups -OCH3 is 1. The summed E-state index contributed by atoms with van der Waals surface area (Å²) in [5, 5.41) is 0. The highest BCUT2D eigenvalue weighted by Gasteiger charge is 2.15. The van der Waals surface area contributed by atoms with Gasteiger partial charge in [-0.05, 0) is 51.9 Å². The third-order valence-electron chi connectivity index (χ3n) is 3.86. The van der Waals surface area contributed by atoms with Gasteiger partial charge in [0, 0.05) is 7.11 Å². The highest BCUT2D eigenvalue weighted by molar-refractivity contribution is 5.15. The number of allylic oxidation sites excluding steroid dienone is 4. The molecule has 118 valence electrons. The molecule has 20 heavy (non-hydrogen) atoms. The molecule has 0 aliphatic rings. The van der Waals surface area contributed by atoms with Crippen molar-refractivity contribution in [2.75, 3.05) is 7.11 Å². The number of ether oxygens (including phenoxy) is 1. The minimum Gasteiger partial charge on any atom is -0.379 e. The van der Waals surface area contributed by atoms with Crippen LogP contribution in [-0.2, 0) is 4.74 Å². The zero-order valence-corrected chi connectivity index (χ0v) is 14.8. The van der Waals surface area contributed by atoms with Gasteiger partial charge in [0.2, 0.25) is 0 Å². The summed E-state index contributed by atoms with van der Waals surface area (Å²) in [7, 11) is 1.80. The Morgan fingerprint density at radius 2 is 1.80 bits per heavy atom. The van der Waals surface area contributed by atoms with Crippen molar-refractivity contribution in [3.05, 3.63) is 23.8 Å². The van der Waals surface area contributed by atoms with Crippen LogP contribution in [-0.4, -0.2) is 12.7 Å². The maximum atomic E-state index is 5.46. The van der Waals surface area contributed by atoms with Crippen LogP contribution in [0.5, 0.6) is 0 Å². The van der Waals surface area contributed by atoms with Gasteiger partial charge in [0.1, 0.15) is 0 Å². The Kier molecular flexibility index (Phi) is 9.92. The highest BCUT2D eigenvalue weighted by atomic mass is 16.5. The first-order chi connectivity index (χ1) is 9.26. The van der Waals surface area contributed by atoms with Crippen LogP contribution in [0.25, 0.3) is 0 Å². The lowest BCUT2D eigenvalue weighted by atomic mass is 9.95. The molecular weight excluding hydrogens is 244 g/mol. The molecule has 0 fully saturated rings. The van der Waals surface area contributed by atoms with Crippen LogP contribution in [0.15, 0.2) is 23.8 Å². The van der Waals surface area contributed by atoms with Crippen molar-refractivity contribution in [1.82, 2.24) is 0 Å². The minimum atomic E-state index is 0.0335. The third kappa shape index (κ3) is 11.3. The predicted molar refractivity (Wildman–Crippen MR) is 91.1 cm³/mol. The fourth-order valence-corrected chi connectivity index (χ4v) is 2.07. The molecule has 0 aliphatic heterocycles. The lowest BCUT2D eigenvalue weighted by molar-refractivity contribution is 0.0128. The number of hydrogen-bond donors (Lipinski definition) is 0. The van der Waals surface area contributed by atoms with E-state index in [4.69, 9.17) is 4.74 Å². The molecule has 0 aromatic heterocycles. The van der Waals surface area contributed by atoms with Gasteiger partial charge in [-0.3, -0.25) is 0 Å². The van der Waals surface area contributed by atoms with Crippen molar-refractivity contribution >= 4 is 0 Å². The molecule has 0 heterocycles. The van der Waals surface area contributed by atoms with Crippen molar-refractivity contribution in [3.8, 4) is 0 Å². The van der Waals surface area contributed by atoms with Gasteiger partial charge >= 0.3 is 0 Å². The monoisotopic (exact) mass is 280 g/mol. The van der Waals surface area contributed by atoms with E-state index in [1.165, 1.54) is 31.3 Å². The Balaban J connectivity index is 3.87. The summed E-state index contributed by atoms with van der Waals surface area (Å²) in [5.74, 6) is 1.51. The maximum Gasteiger partial charge on any atom is 0.0622 e. The summed E-state index contributed by atoms with van der Waals surface area (Å²) >= 11 is 0. The summed E-state index contributed by atoms with van der Waals surface area (Å²) in [4.78, 5) is 0. The molecule has 0 radical (unpaired) electrons. The molecule has 0 aromatic rings. The first-order valence-electron chi connectivity index (χ1n) is 8.15. The normalized spacial score (nSPS) is 15.3. The van der Waals surface area contributed by atoms with E-state index in [1.807, 2.05) is 0 Å². The van der Waals surface area contributed by atoms with E-state index < -0.39 is 0 Å². The largest absolute Gasteiger partial charge is 0.379 e. The highest BCUT2D eigenvalue weighted by Crippen LogP contribution is 2.20. The van der Waals surface area contributed by atoms with E-state index in [0.717, 1.165) is 18.3 Å². The second-order valence-electron chi connectivity index (χ2n) is 7.18. The molecule has 1 unspecified atom stereocenters. The predicted octanol–water partition coefficient (Wildman–Crippen LogP) is 6.16. The Bertz CT molecular complexity index is 297. The smallest absolute Gasteiger partial charge is 0.0622 e. The van der Waals surface area contributed by atoms with E-state index in [-0.39, 0.29) is 5.60 Å². The van der Waals surface area contributed by atoms with E-state index in [0.29, 0.717) is 0 Å². The van der Waals surface area contributed by atoms with Crippen molar-refractivity contribution in [2.24, 2.45) is 11.8 Å². The average Bonchev–Trinajstić information content (AvgIpc) is 2.36. The third-order valence-corrected chi connectivity index (χ3v) is 3.86. The zero-order chi connectivity index (χ0) is 15.6. The Morgan fingerprint density at radius 1 is 1.15 bits per heavy atom. The molecule has 1 atom stereocenters. The molecule has 0 bridgehead atoms. The SMILES string of the molecule is COC(C)(C)CCCC(C)CC=CC(C)=CCC(C)C. The van der Waals surface area contributed by atoms with Gasteiger partial charge in [0.05, 0.1) is 5.60 Å². The van der Waals surface area contributed by atoms with Gasteiger partial charge in [0.15, 0.2) is 0 Å². The van der Waals surface area contributed by atoms with Crippen molar-refractivity contribution in [2.45, 2.75) is 79.2 Å². The lowest BCUT2D eigenvalue weighted by Gasteiger charge is -2.23. The van der Waals surface area contributed by atoms with Gasteiger partial charge in [-0.2, -0.15) is 0 Å². The standard InChI is InChI=1S/C19H36O/c1-16(2)13-14-18(4)11-8-10-17(3)12-9-15-19(5,6)20-7/h8,11,14,16-17H,9-10,12-13,15H2,1-7H3. The van der Waals surface area contributed by atoms with Gasteiger partial charge < -0.3 is 4.74 Å². The molecule has 0 spiro atoms. The Labute approximate surface area is 127 Å². The van der Waals surface area contributed by atoms with E-state index >= 15 is 0 Å². The van der Waals surface area contributed by atoms with Crippen LogP contribution in [0.2, 0.25) is 0 Å². The van der Waals surface area contributed by atoms with Crippen LogP contribution in [0, 0.1) is 11.8 Å². The number of hydrogen-bond acceptors (Lipinski definition) is 1. The summed E-state index contributed by atoms with van der Waals surface area (Å²) < 4.78 is 5.46. The van der Waals surface area contributed by atoms with E-state index in [2.05, 4.69) is 59.8 Å². The molecule has 0 amide bonds. The fourth-order valence-electron chi connectivity index (χ4n) is 2.07. The second-order valence-corrected chi connectivity index (χ2v) is 7.18. The molecule has 0 aliphatic carbocycles. The summed E-state index contributed by atoms with van der Waals surface area (Å²) in [6.45, 7) is 13.4. The Hall–Kier alpha value is -0.560. The van der Waals surface area contributed by atoms with E-state index in [9.17, 15) is 0 Å². The number of rotatable bonds is 10. The molecule has 0 aromatic carbocycles. The van der Waals surface area contributed by atoms with Crippen molar-refractivity contribution in [3.63, 3.8) is 0 Å². The first-order valence-corrected chi connectivity index (χ1v) is 8.15. The van der Waals surface area contributed by atoms with Crippen molar-refractivity contribution in [1.29, 1.82) is 0 Å². The van der Waals surface area contributed by atoms with Crippen LogP contribution in [0.1, 0.15) is 73.6 Å². The molecule has 0 saturated heterocycles. The van der Waals surface area contributed by atoms with Gasteiger partial charge in [-0.15, -0.1) is 0 Å². The van der Waals surface area contributed by atoms with Crippen LogP contribution >= 0.6 is 0 Å². The van der Waals surface area contributed by atoms with Crippen LogP contribution in [0.3, 0.4) is 0 Å². The molecule has 0 N–H and O–H groups in total. The minimum absolute atomic E-state index is 0.0335. The molecular formula is C19H36O. The van der Waals surface area contributed by atoms with E-state index in [1.54, 1.807) is 7.11 Å². The topological polar surface area (TPSA) is 9.23 Å². The van der Waals surface area contributed by atoms with Crippen molar-refractivity contribution < 1.29 is 4.74 Å². The molecule has 1 heteroatoms. The molecule has 1 nitrogen and oxygen atoms in total. The lowest BCUT2D eigenvalue weighted by Crippen LogP contribution is -2.22. The zero-order valence-electron chi connectivity index (χ0n) is 14.8. The second kappa shape index (κ2) is 10.2. The molecule has 0 rings (SSSR count). The Morgan fingerprint density at radius 3 is 2.35 bits per heavy atom. The summed E-state index contributed by atoms with van der Waals surface area (Å²) in [6.07, 6.45) is 13.0. The van der Waals surface area contributed by atoms with Gasteiger partial charge in [-0.25, -0.2) is 0 Å². The molecule has 0 saturated carbocycles. The quantitative estimate of drug-likeness (QED) is 0.436. The summed E-state index contributed by atoms with van der Waals surface area (Å²) in [5.41, 5.74) is 1.43. The summed E-state index contributed by atoms with van der Waals surface area (Å²) in [6, 6.07) is 0. The van der Waals surface area contributed by atoms with Crippen LogP contribution < -0.4 is 0 Å². The van der Waals surface area contributed by atoms with Gasteiger partial charge in [-0.1, -0.05) is 57.4 Å². The maximum absolute atomic E-state index is 5.46.